The maximum Gasteiger partial charge on any atom is 0.416 e. The number of ether oxygens (including phenoxy) is 1. The van der Waals surface area contributed by atoms with Gasteiger partial charge in [0, 0.05) is 32.1 Å². The maximum atomic E-state index is 13.4. The van der Waals surface area contributed by atoms with E-state index in [-0.39, 0.29) is 29.8 Å². The Bertz CT molecular complexity index is 1340. The Kier molecular flexibility index (Phi) is 6.58. The van der Waals surface area contributed by atoms with Crippen LogP contribution in [0.1, 0.15) is 31.2 Å². The van der Waals surface area contributed by atoms with E-state index in [9.17, 15) is 18.0 Å². The van der Waals surface area contributed by atoms with E-state index in [1.807, 2.05) is 11.2 Å². The topological polar surface area (TPSA) is 88.4 Å². The Morgan fingerprint density at radius 2 is 2.03 bits per heavy atom. The molecular weight excluding hydrogens is 519 g/mol. The lowest BCUT2D eigenvalue weighted by Gasteiger charge is -2.44. The molecule has 9 nitrogen and oxygen atoms in total. The molecule has 2 saturated heterocycles. The molecule has 2 aliphatic heterocycles. The number of carbonyl (C=O) groups is 1. The van der Waals surface area contributed by atoms with Gasteiger partial charge < -0.3 is 19.9 Å². The molecule has 1 saturated carbocycles. The minimum Gasteiger partial charge on any atom is -0.367 e. The van der Waals surface area contributed by atoms with Crippen molar-refractivity contribution in [3.63, 3.8) is 0 Å². The molecule has 2 aromatic heterocycles. The van der Waals surface area contributed by atoms with Crippen LogP contribution in [0.3, 0.4) is 0 Å². The first-order valence-electron chi connectivity index (χ1n) is 12.6. The van der Waals surface area contributed by atoms with Crippen molar-refractivity contribution in [2.45, 2.75) is 50.0 Å². The second kappa shape index (κ2) is 9.92. The normalized spacial score (nSPS) is 22.2. The van der Waals surface area contributed by atoms with Crippen LogP contribution in [0.15, 0.2) is 30.5 Å². The number of hydrogen-bond donors (Lipinski definition) is 1. The van der Waals surface area contributed by atoms with Gasteiger partial charge in [0.05, 0.1) is 40.9 Å². The lowest BCUT2D eigenvalue weighted by molar-refractivity contribution is -0.137. The van der Waals surface area contributed by atoms with Crippen LogP contribution in [-0.4, -0.2) is 80.6 Å². The summed E-state index contributed by atoms with van der Waals surface area (Å²) < 4.78 is 47.4. The molecule has 0 radical (unpaired) electrons. The fraction of sp³-hybridized carbons (Fsp3) is 0.520. The van der Waals surface area contributed by atoms with E-state index in [2.05, 4.69) is 20.3 Å². The number of thioether (sulfide) groups is 1. The summed E-state index contributed by atoms with van der Waals surface area (Å²) in [6.45, 7) is 2.05. The van der Waals surface area contributed by atoms with Crippen LogP contribution in [0.4, 0.5) is 24.9 Å². The van der Waals surface area contributed by atoms with Gasteiger partial charge in [-0.3, -0.25) is 4.79 Å². The van der Waals surface area contributed by atoms with E-state index in [1.54, 1.807) is 24.0 Å². The molecule has 6 rings (SSSR count). The molecule has 1 amide bonds. The quantitative estimate of drug-likeness (QED) is 0.425. The lowest BCUT2D eigenvalue weighted by Crippen LogP contribution is -2.60. The monoisotopic (exact) mass is 547 g/mol. The molecule has 3 aliphatic rings. The molecule has 13 heteroatoms. The van der Waals surface area contributed by atoms with Crippen molar-refractivity contribution in [1.82, 2.24) is 24.6 Å². The first kappa shape index (κ1) is 25.2. The summed E-state index contributed by atoms with van der Waals surface area (Å²) >= 11 is 1.63. The SMILES string of the molecule is CSCO[C@H]1C[C@@H](Nc2nc(N3CC(N4CCCC4=O)C3)c3cnn(-c4cccc(C(F)(F)F)c4)c3n2)C1. The van der Waals surface area contributed by atoms with Crippen LogP contribution < -0.4 is 10.2 Å². The van der Waals surface area contributed by atoms with Crippen molar-refractivity contribution in [2.24, 2.45) is 0 Å². The van der Waals surface area contributed by atoms with Crippen molar-refractivity contribution in [2.75, 3.05) is 42.0 Å². The van der Waals surface area contributed by atoms with Crippen LogP contribution in [0, 0.1) is 0 Å². The highest BCUT2D eigenvalue weighted by Gasteiger charge is 2.39. The Morgan fingerprint density at radius 3 is 2.74 bits per heavy atom. The third-order valence-corrected chi connectivity index (χ3v) is 7.76. The molecule has 1 aromatic carbocycles. The molecule has 1 aliphatic carbocycles. The fourth-order valence-corrected chi connectivity index (χ4v) is 5.58. The number of carbonyl (C=O) groups excluding carboxylic acids is 1. The van der Waals surface area contributed by atoms with E-state index in [1.165, 1.54) is 10.7 Å². The van der Waals surface area contributed by atoms with Gasteiger partial charge >= 0.3 is 6.18 Å². The second-order valence-electron chi connectivity index (χ2n) is 9.97. The zero-order valence-corrected chi connectivity index (χ0v) is 21.6. The Hall–Kier alpha value is -3.06. The number of rotatable bonds is 8. The summed E-state index contributed by atoms with van der Waals surface area (Å²) in [6.07, 6.45) is 2.44. The van der Waals surface area contributed by atoms with Gasteiger partial charge in [-0.05, 0) is 43.7 Å². The van der Waals surface area contributed by atoms with Crippen LogP contribution in [-0.2, 0) is 15.7 Å². The Morgan fingerprint density at radius 1 is 1.21 bits per heavy atom. The van der Waals surface area contributed by atoms with Gasteiger partial charge in [0.15, 0.2) is 5.65 Å². The van der Waals surface area contributed by atoms with Gasteiger partial charge in [0.1, 0.15) is 5.82 Å². The minimum absolute atomic E-state index is 0.130. The molecule has 4 heterocycles. The number of nitrogens with zero attached hydrogens (tertiary/aromatic N) is 6. The molecule has 3 aromatic rings. The van der Waals surface area contributed by atoms with Crippen LogP contribution in [0.5, 0.6) is 0 Å². The number of alkyl halides is 3. The highest BCUT2D eigenvalue weighted by Crippen LogP contribution is 2.35. The molecule has 3 fully saturated rings. The molecule has 202 valence electrons. The van der Waals surface area contributed by atoms with E-state index in [0.717, 1.165) is 37.9 Å². The third-order valence-electron chi connectivity index (χ3n) is 7.39. The Balaban J connectivity index is 1.31. The van der Waals surface area contributed by atoms with Crippen molar-refractivity contribution >= 4 is 40.5 Å². The summed E-state index contributed by atoms with van der Waals surface area (Å²) in [6, 6.07) is 5.32. The summed E-state index contributed by atoms with van der Waals surface area (Å²) in [5, 5.41) is 8.43. The molecule has 0 unspecified atom stereocenters. The molecule has 1 N–H and O–H groups in total. The van der Waals surface area contributed by atoms with E-state index in [0.29, 0.717) is 48.2 Å². The van der Waals surface area contributed by atoms with Crippen LogP contribution in [0.2, 0.25) is 0 Å². The number of aromatic nitrogens is 4. The van der Waals surface area contributed by atoms with Crippen molar-refractivity contribution < 1.29 is 22.7 Å². The highest BCUT2D eigenvalue weighted by molar-refractivity contribution is 7.98. The number of fused-ring (bicyclic) bond motifs is 1. The summed E-state index contributed by atoms with van der Waals surface area (Å²) in [5.41, 5.74) is -0.0614. The van der Waals surface area contributed by atoms with Crippen molar-refractivity contribution in [3.05, 3.63) is 36.0 Å². The fourth-order valence-electron chi connectivity index (χ4n) is 5.25. The molecule has 38 heavy (non-hydrogen) atoms. The first-order chi connectivity index (χ1) is 18.3. The van der Waals surface area contributed by atoms with Gasteiger partial charge in [-0.15, -0.1) is 11.8 Å². The second-order valence-corrected chi connectivity index (χ2v) is 10.8. The molecule has 0 bridgehead atoms. The maximum absolute atomic E-state index is 13.4. The smallest absolute Gasteiger partial charge is 0.367 e. The third kappa shape index (κ3) is 4.77. The predicted molar refractivity (Wildman–Crippen MR) is 139 cm³/mol. The van der Waals surface area contributed by atoms with Gasteiger partial charge in [-0.2, -0.15) is 28.2 Å². The average molecular weight is 548 g/mol. The number of anilines is 2. The zero-order valence-electron chi connectivity index (χ0n) is 20.8. The summed E-state index contributed by atoms with van der Waals surface area (Å²) in [5.74, 6) is 1.89. The van der Waals surface area contributed by atoms with E-state index in [4.69, 9.17) is 9.72 Å². The van der Waals surface area contributed by atoms with Crippen LogP contribution in [0.25, 0.3) is 16.7 Å². The van der Waals surface area contributed by atoms with Crippen molar-refractivity contribution in [1.29, 1.82) is 0 Å². The average Bonchev–Trinajstić information content (AvgIpc) is 3.45. The number of amides is 1. The van der Waals surface area contributed by atoms with Gasteiger partial charge in [-0.25, -0.2) is 4.68 Å². The number of benzene rings is 1. The number of halogens is 3. The molecular formula is C25H28F3N7O2S. The minimum atomic E-state index is -4.47. The van der Waals surface area contributed by atoms with E-state index < -0.39 is 11.7 Å². The van der Waals surface area contributed by atoms with Gasteiger partial charge in [0.2, 0.25) is 11.9 Å². The zero-order chi connectivity index (χ0) is 26.4. The number of likely N-dealkylation sites (tertiary alicyclic amines) is 1. The summed E-state index contributed by atoms with van der Waals surface area (Å²) in [4.78, 5) is 25.7. The highest BCUT2D eigenvalue weighted by atomic mass is 32.2. The van der Waals surface area contributed by atoms with Gasteiger partial charge in [0.25, 0.3) is 0 Å². The predicted octanol–water partition coefficient (Wildman–Crippen LogP) is 3.93. The van der Waals surface area contributed by atoms with Crippen LogP contribution >= 0.6 is 11.8 Å². The lowest BCUT2D eigenvalue weighted by atomic mass is 9.89. The largest absolute Gasteiger partial charge is 0.416 e. The van der Waals surface area contributed by atoms with E-state index >= 15 is 0 Å². The van der Waals surface area contributed by atoms with Gasteiger partial charge in [-0.1, -0.05) is 6.07 Å². The van der Waals surface area contributed by atoms with Crippen molar-refractivity contribution in [3.8, 4) is 5.69 Å². The molecule has 0 spiro atoms. The molecule has 0 atom stereocenters. The Labute approximate surface area is 221 Å². The standard InChI is InChI=1S/C25H28F3N7O2S/c1-38-14-37-19-9-16(10-19)30-24-31-22(33-12-18(13-33)34-7-3-6-21(34)36)20-11-29-35(23(20)32-24)17-5-2-4-15(8-17)25(26,27)28/h2,4-5,8,11,16,18-19H,3,6-7,9-10,12-14H2,1H3,(H,30,31,32)/t16-,19+. The summed E-state index contributed by atoms with van der Waals surface area (Å²) in [7, 11) is 0. The number of hydrogen-bond acceptors (Lipinski definition) is 8. The first-order valence-corrected chi connectivity index (χ1v) is 14.0. The number of nitrogens with one attached hydrogen (secondary N) is 1.